The molecule has 0 fully saturated rings. The molecule has 2 N–H and O–H groups in total. The first-order chi connectivity index (χ1) is 34.8. The van der Waals surface area contributed by atoms with E-state index < -0.39 is 42.3 Å². The molecule has 1 aliphatic carbocycles. The highest BCUT2D eigenvalue weighted by Gasteiger charge is 2.43. The summed E-state index contributed by atoms with van der Waals surface area (Å²) in [6.45, 7) is 16.2. The normalized spacial score (nSPS) is 15.8. The van der Waals surface area contributed by atoms with Gasteiger partial charge in [0.25, 0.3) is 10.1 Å². The number of unbranched alkanes of at least 4 members (excludes halogenated alkanes) is 2. The van der Waals surface area contributed by atoms with Crippen molar-refractivity contribution in [3.05, 3.63) is 82.6 Å². The fourth-order valence-electron chi connectivity index (χ4n) is 8.44. The number of hydrogen-bond donors (Lipinski definition) is 2. The van der Waals surface area contributed by atoms with Crippen molar-refractivity contribution in [3.63, 3.8) is 0 Å². The van der Waals surface area contributed by atoms with Gasteiger partial charge in [-0.15, -0.1) is 0 Å². The highest BCUT2D eigenvalue weighted by Crippen LogP contribution is 2.51. The van der Waals surface area contributed by atoms with E-state index in [-0.39, 0.29) is 24.7 Å². The fourth-order valence-corrected chi connectivity index (χ4v) is 9.44. The van der Waals surface area contributed by atoms with Crippen LogP contribution in [0.25, 0.3) is 17.4 Å². The van der Waals surface area contributed by atoms with Gasteiger partial charge in [0.1, 0.15) is 34.9 Å². The van der Waals surface area contributed by atoms with Gasteiger partial charge in [-0.25, -0.2) is 13.0 Å². The summed E-state index contributed by atoms with van der Waals surface area (Å²) < 4.78 is 123. The molecule has 2 heterocycles. The zero-order chi connectivity index (χ0) is 53.3. The van der Waals surface area contributed by atoms with Crippen molar-refractivity contribution in [3.8, 4) is 11.3 Å². The number of allylic oxidation sites excluding steroid dienone is 3. The van der Waals surface area contributed by atoms with E-state index >= 15 is 0 Å². The maximum Gasteiger partial charge on any atom is 0.303 e. The fraction of sp³-hybridized carbons (Fsp3) is 0.615. The molecule has 73 heavy (non-hydrogen) atoms. The molecular formula is C52H78N2O17S2. The Hall–Kier alpha value is -4.10. The summed E-state index contributed by atoms with van der Waals surface area (Å²) in [5, 5.41) is 10.1. The summed E-state index contributed by atoms with van der Waals surface area (Å²) in [6, 6.07) is 12.3. The van der Waals surface area contributed by atoms with Crippen LogP contribution in [0.5, 0.6) is 0 Å². The summed E-state index contributed by atoms with van der Waals surface area (Å²) in [6.07, 6.45) is 7.39. The minimum absolute atomic E-state index is 0.0150. The molecule has 4 rings (SSSR count). The van der Waals surface area contributed by atoms with E-state index in [4.69, 9.17) is 42.3 Å². The largest absolute Gasteiger partial charge is 0.744 e. The van der Waals surface area contributed by atoms with E-state index in [1.54, 1.807) is 20.3 Å². The minimum atomic E-state index is -4.85. The van der Waals surface area contributed by atoms with E-state index in [2.05, 4.69) is 37.5 Å². The maximum atomic E-state index is 12.3. The molecule has 0 spiro atoms. The third-order valence-corrected chi connectivity index (χ3v) is 13.8. The average Bonchev–Trinajstić information content (AvgIpc) is 3.55. The third-order valence-electron chi connectivity index (χ3n) is 12.2. The molecule has 1 unspecified atom stereocenters. The number of rotatable bonds is 37. The molecule has 0 bridgehead atoms. The first-order valence-electron chi connectivity index (χ1n) is 24.8. The zero-order valence-corrected chi connectivity index (χ0v) is 45.1. The lowest BCUT2D eigenvalue weighted by Gasteiger charge is -2.30. The minimum Gasteiger partial charge on any atom is -0.744 e. The van der Waals surface area contributed by atoms with E-state index in [0.29, 0.717) is 160 Å². The SMILES string of the molecule is COCCOCCOCCOCC[N+](CCOCCOCCOCCOC)=c1ccc2c(C(C)(C)C)cc(/C=C/C=C3/N(CCCCCC(=O)O)c4ccc(S(=O)(=O)[O-])cc4C3(C)CCCS(=O)(=O)O)oc-2c1. The van der Waals surface area contributed by atoms with Gasteiger partial charge < -0.3 is 56.9 Å². The number of carbonyl (C=O) groups is 1. The van der Waals surface area contributed by atoms with Crippen LogP contribution in [0.2, 0.25) is 0 Å². The lowest BCUT2D eigenvalue weighted by atomic mass is 9.77. The van der Waals surface area contributed by atoms with Crippen LogP contribution in [-0.4, -0.2) is 169 Å². The Morgan fingerprint density at radius 1 is 0.753 bits per heavy atom. The number of methoxy groups -OCH3 is 2. The number of aliphatic carboxylic acids is 1. The smallest absolute Gasteiger partial charge is 0.303 e. The summed E-state index contributed by atoms with van der Waals surface area (Å²) in [5.41, 5.74) is 2.52. The second-order valence-electron chi connectivity index (χ2n) is 18.8. The second kappa shape index (κ2) is 31.1. The predicted molar refractivity (Wildman–Crippen MR) is 276 cm³/mol. The van der Waals surface area contributed by atoms with Crippen LogP contribution in [0.1, 0.15) is 83.1 Å². The molecule has 0 amide bonds. The predicted octanol–water partition coefficient (Wildman–Crippen LogP) is 5.74. The monoisotopic (exact) mass is 1070 g/mol. The van der Waals surface area contributed by atoms with Gasteiger partial charge in [-0.3, -0.25) is 9.35 Å². The van der Waals surface area contributed by atoms with Crippen LogP contribution < -0.4 is 14.8 Å². The summed E-state index contributed by atoms with van der Waals surface area (Å²) in [7, 11) is -5.92. The number of hydrogen-bond acceptors (Lipinski definition) is 16. The summed E-state index contributed by atoms with van der Waals surface area (Å²) in [4.78, 5) is 12.8. The van der Waals surface area contributed by atoms with E-state index in [1.165, 1.54) is 12.1 Å². The van der Waals surface area contributed by atoms with Gasteiger partial charge >= 0.3 is 5.97 Å². The van der Waals surface area contributed by atoms with Gasteiger partial charge in [-0.1, -0.05) is 33.3 Å². The van der Waals surface area contributed by atoms with Crippen molar-refractivity contribution in [1.29, 1.82) is 0 Å². The second-order valence-corrected chi connectivity index (χ2v) is 21.7. The standard InChI is InChI=1S/C52H78N2O17S2/c1-51(2,3)45-39-42(12-10-13-49-52(4,19-11-37-72(57,58)59)46-40-43(73(60,61)62)16-18-47(46)54(49)20-9-7-8-14-50(55)56)71-48-38-41(15-17-44(45)48)53(21-23-65-29-31-69-35-33-67-27-25-63-5)22-24-66-30-32-70-36-34-68-28-26-64-6/h10,12-13,15-18,38-40H,7-9,11,14,19-37H2,1-6H3,(H2-,55,56,57,58,59,60,61,62). The number of nitrogens with zero attached hydrogens (tertiary/aromatic N) is 2. The van der Waals surface area contributed by atoms with E-state index in [0.717, 1.165) is 16.5 Å². The van der Waals surface area contributed by atoms with Gasteiger partial charge in [0, 0.05) is 55.6 Å². The molecule has 3 aliphatic rings. The van der Waals surface area contributed by atoms with Crippen LogP contribution in [0.3, 0.4) is 0 Å². The molecule has 0 aromatic heterocycles. The Morgan fingerprint density at radius 3 is 1.84 bits per heavy atom. The topological polar surface area (TPSA) is 242 Å². The summed E-state index contributed by atoms with van der Waals surface area (Å²) in [5.74, 6) is -0.231. The molecule has 21 heteroatoms. The average molecular weight is 1070 g/mol. The number of benzene rings is 2. The molecule has 0 saturated carbocycles. The first kappa shape index (κ1) is 61.4. The lowest BCUT2D eigenvalue weighted by Crippen LogP contribution is -2.36. The van der Waals surface area contributed by atoms with Crippen LogP contribution >= 0.6 is 0 Å². The van der Waals surface area contributed by atoms with E-state index in [9.17, 15) is 35.8 Å². The highest BCUT2D eigenvalue weighted by atomic mass is 32.2. The number of fused-ring (bicyclic) bond motifs is 2. The Balaban J connectivity index is 1.69. The van der Waals surface area contributed by atoms with Gasteiger partial charge in [0.15, 0.2) is 13.1 Å². The van der Waals surface area contributed by atoms with E-state index in [1.807, 2.05) is 42.2 Å². The van der Waals surface area contributed by atoms with Gasteiger partial charge in [0.2, 0.25) is 5.36 Å². The number of anilines is 1. The maximum absolute atomic E-state index is 12.3. The van der Waals surface area contributed by atoms with Crippen molar-refractivity contribution < 1.29 is 78.2 Å². The van der Waals surface area contributed by atoms with Gasteiger partial charge in [0.05, 0.1) is 96.0 Å². The number of carboxylic acids is 1. The van der Waals surface area contributed by atoms with Crippen LogP contribution in [-0.2, 0) is 73.8 Å². The quantitative estimate of drug-likeness (QED) is 0.0397. The van der Waals surface area contributed by atoms with Crippen LogP contribution in [0, 0.1) is 0 Å². The van der Waals surface area contributed by atoms with Crippen molar-refractivity contribution in [2.45, 2.75) is 81.9 Å². The zero-order valence-electron chi connectivity index (χ0n) is 43.5. The third kappa shape index (κ3) is 21.2. The van der Waals surface area contributed by atoms with Gasteiger partial charge in [-0.2, -0.15) is 8.42 Å². The molecule has 1 atom stereocenters. The van der Waals surface area contributed by atoms with Crippen molar-refractivity contribution in [1.82, 2.24) is 4.58 Å². The molecule has 2 aliphatic heterocycles. The van der Waals surface area contributed by atoms with Crippen LogP contribution in [0.4, 0.5) is 5.69 Å². The van der Waals surface area contributed by atoms with Crippen LogP contribution in [0.15, 0.2) is 69.6 Å². The Morgan fingerprint density at radius 2 is 1.32 bits per heavy atom. The highest BCUT2D eigenvalue weighted by molar-refractivity contribution is 7.86. The van der Waals surface area contributed by atoms with Crippen molar-refractivity contribution >= 4 is 38.0 Å². The van der Waals surface area contributed by atoms with Crippen molar-refractivity contribution in [2.24, 2.45) is 0 Å². The van der Waals surface area contributed by atoms with Gasteiger partial charge in [-0.05, 0) is 91.6 Å². The Labute approximate surface area is 431 Å². The molecule has 0 radical (unpaired) electrons. The molecular weight excluding hydrogens is 989 g/mol. The Kier molecular flexibility index (Phi) is 26.2. The first-order valence-corrected chi connectivity index (χ1v) is 27.8. The van der Waals surface area contributed by atoms with Crippen molar-refractivity contribution in [2.75, 3.05) is 137 Å². The molecule has 0 saturated heterocycles. The lowest BCUT2D eigenvalue weighted by molar-refractivity contribution is -0.137. The number of ether oxygens (including phenoxy) is 8. The molecule has 19 nitrogen and oxygen atoms in total. The molecule has 1 aromatic carbocycles. The number of carboxylic acid groups (broad SMARTS) is 1. The summed E-state index contributed by atoms with van der Waals surface area (Å²) >= 11 is 0. The molecule has 1 aromatic rings. The molecule has 410 valence electrons. The Bertz CT molecular complexity index is 2460.